The summed E-state index contributed by atoms with van der Waals surface area (Å²) >= 11 is 4.40. The van der Waals surface area contributed by atoms with Gasteiger partial charge < -0.3 is 0 Å². The lowest BCUT2D eigenvalue weighted by Crippen LogP contribution is -1.84. The van der Waals surface area contributed by atoms with Crippen molar-refractivity contribution in [3.8, 4) is 6.07 Å². The van der Waals surface area contributed by atoms with Crippen LogP contribution in [0.1, 0.15) is 5.56 Å². The summed E-state index contributed by atoms with van der Waals surface area (Å²) < 4.78 is 4.79. The molecule has 0 spiro atoms. The number of hydrogen-bond acceptors (Lipinski definition) is 6. The van der Waals surface area contributed by atoms with Gasteiger partial charge in [-0.25, -0.2) is 4.98 Å². The Hall–Kier alpha value is -1.03. The largest absolute Gasteiger partial charge is 0.216 e. The molecule has 2 rings (SSSR count). The number of aromatic nitrogens is 2. The average Bonchev–Trinajstić information content (AvgIpc) is 2.81. The van der Waals surface area contributed by atoms with Crippen molar-refractivity contribution in [2.45, 2.75) is 14.1 Å². The van der Waals surface area contributed by atoms with Crippen molar-refractivity contribution in [2.24, 2.45) is 0 Å². The summed E-state index contributed by atoms with van der Waals surface area (Å²) in [6, 6.07) is 8.08. The third-order valence-corrected chi connectivity index (χ3v) is 4.41. The predicted molar refractivity (Wildman–Crippen MR) is 67.0 cm³/mol. The Kier molecular flexibility index (Phi) is 3.83. The summed E-state index contributed by atoms with van der Waals surface area (Å²) in [5.41, 5.74) is 0.718. The molecule has 0 radical (unpaired) electrons. The molecule has 0 saturated carbocycles. The first-order valence-corrected chi connectivity index (χ1v) is 7.18. The molecule has 1 heterocycles. The summed E-state index contributed by atoms with van der Waals surface area (Å²) in [7, 11) is 0. The first kappa shape index (κ1) is 11.5. The molecule has 0 amide bonds. The molecule has 16 heavy (non-hydrogen) atoms. The summed E-state index contributed by atoms with van der Waals surface area (Å²) in [5, 5.41) is 9.15. The van der Waals surface area contributed by atoms with Crippen LogP contribution in [0.25, 0.3) is 0 Å². The van der Waals surface area contributed by atoms with E-state index in [0.717, 1.165) is 19.7 Å². The maximum absolute atomic E-state index is 9.15. The normalized spacial score (nSPS) is 10.0. The Morgan fingerprint density at radius 3 is 2.81 bits per heavy atom. The fraction of sp³-hybridized carbons (Fsp3) is 0.100. The first-order valence-electron chi connectivity index (χ1n) is 4.36. The van der Waals surface area contributed by atoms with Crippen molar-refractivity contribution >= 4 is 35.1 Å². The van der Waals surface area contributed by atoms with Crippen LogP contribution in [-0.2, 0) is 0 Å². The van der Waals surface area contributed by atoms with E-state index in [4.69, 9.17) is 5.26 Å². The van der Waals surface area contributed by atoms with Crippen LogP contribution in [0.15, 0.2) is 38.7 Å². The smallest absolute Gasteiger partial charge is 0.174 e. The number of thioether (sulfide) groups is 1. The highest BCUT2D eigenvalue weighted by Crippen LogP contribution is 2.34. The molecule has 0 aliphatic heterocycles. The topological polar surface area (TPSA) is 49.6 Å². The molecule has 3 nitrogen and oxygen atoms in total. The minimum Gasteiger partial charge on any atom is -0.216 e. The van der Waals surface area contributed by atoms with Crippen molar-refractivity contribution < 1.29 is 0 Å². The number of rotatable bonds is 3. The molecular weight excluding hydrogens is 258 g/mol. The molecule has 0 atom stereocenters. The molecule has 0 saturated heterocycles. The van der Waals surface area contributed by atoms with Gasteiger partial charge in [0, 0.05) is 9.79 Å². The van der Waals surface area contributed by atoms with Crippen LogP contribution in [-0.4, -0.2) is 15.6 Å². The molecular formula is C10H7N3S3. The summed E-state index contributed by atoms with van der Waals surface area (Å²) in [4.78, 5) is 6.03. The molecule has 6 heteroatoms. The lowest BCUT2D eigenvalue weighted by Gasteiger charge is -2.04. The summed E-state index contributed by atoms with van der Waals surface area (Å²) in [6.07, 6.45) is 3.49. The second kappa shape index (κ2) is 5.34. The van der Waals surface area contributed by atoms with Crippen LogP contribution in [0.5, 0.6) is 0 Å². The Morgan fingerprint density at radius 1 is 1.38 bits per heavy atom. The van der Waals surface area contributed by atoms with Gasteiger partial charge in [0.25, 0.3) is 0 Å². The van der Waals surface area contributed by atoms with E-state index in [9.17, 15) is 0 Å². The number of nitriles is 1. The third-order valence-electron chi connectivity index (χ3n) is 1.86. The van der Waals surface area contributed by atoms with Gasteiger partial charge in [0.05, 0.1) is 5.56 Å². The predicted octanol–water partition coefficient (Wildman–Crippen LogP) is 3.28. The second-order valence-electron chi connectivity index (χ2n) is 2.75. The van der Waals surface area contributed by atoms with E-state index in [1.807, 2.05) is 24.5 Å². The van der Waals surface area contributed by atoms with Gasteiger partial charge >= 0.3 is 0 Å². The molecule has 0 aliphatic rings. The zero-order valence-corrected chi connectivity index (χ0v) is 10.8. The van der Waals surface area contributed by atoms with Crippen molar-refractivity contribution in [3.05, 3.63) is 30.1 Å². The summed E-state index contributed by atoms with van der Waals surface area (Å²) in [6.45, 7) is 0. The first-order chi connectivity index (χ1) is 7.85. The van der Waals surface area contributed by atoms with Gasteiger partial charge in [-0.1, -0.05) is 17.8 Å². The quantitative estimate of drug-likeness (QED) is 0.797. The standard InChI is InChI=1S/C10H7N3S3/c1-14-8-3-2-4-9(7(8)5-11)15-10-12-6-13-16-10/h2-4,6H,1H3. The summed E-state index contributed by atoms with van der Waals surface area (Å²) in [5.74, 6) is 0. The minimum atomic E-state index is 0.718. The fourth-order valence-corrected chi connectivity index (χ4v) is 3.34. The minimum absolute atomic E-state index is 0.718. The Balaban J connectivity index is 2.38. The van der Waals surface area contributed by atoms with Crippen LogP contribution >= 0.6 is 35.1 Å². The number of nitrogens with zero attached hydrogens (tertiary/aromatic N) is 3. The SMILES string of the molecule is CSc1cccc(Sc2ncns2)c1C#N. The molecule has 0 N–H and O–H groups in total. The van der Waals surface area contributed by atoms with Crippen LogP contribution in [0.3, 0.4) is 0 Å². The van der Waals surface area contributed by atoms with Crippen molar-refractivity contribution in [1.82, 2.24) is 9.36 Å². The van der Waals surface area contributed by atoms with Gasteiger partial charge in [-0.15, -0.1) is 11.8 Å². The molecule has 0 unspecified atom stereocenters. The van der Waals surface area contributed by atoms with Crippen LogP contribution in [0.4, 0.5) is 0 Å². The number of benzene rings is 1. The fourth-order valence-electron chi connectivity index (χ4n) is 1.18. The highest BCUT2D eigenvalue weighted by molar-refractivity contribution is 8.01. The molecule has 1 aromatic heterocycles. The van der Waals surface area contributed by atoms with Gasteiger partial charge in [-0.05, 0) is 29.9 Å². The highest BCUT2D eigenvalue weighted by Gasteiger charge is 2.09. The van der Waals surface area contributed by atoms with Gasteiger partial charge in [0.1, 0.15) is 12.4 Å². The Bertz CT molecular complexity index is 517. The van der Waals surface area contributed by atoms with Crippen LogP contribution in [0.2, 0.25) is 0 Å². The molecule has 80 valence electrons. The average molecular weight is 265 g/mol. The van der Waals surface area contributed by atoms with Crippen molar-refractivity contribution in [3.63, 3.8) is 0 Å². The second-order valence-corrected chi connectivity index (χ2v) is 5.67. The monoisotopic (exact) mass is 265 g/mol. The van der Waals surface area contributed by atoms with E-state index >= 15 is 0 Å². The zero-order valence-electron chi connectivity index (χ0n) is 8.38. The Morgan fingerprint density at radius 2 is 2.19 bits per heavy atom. The van der Waals surface area contributed by atoms with Gasteiger partial charge in [-0.2, -0.15) is 9.64 Å². The maximum Gasteiger partial charge on any atom is 0.174 e. The Labute approximate surface area is 106 Å². The third kappa shape index (κ3) is 2.38. The van der Waals surface area contributed by atoms with Crippen LogP contribution in [0, 0.1) is 11.3 Å². The molecule has 2 aromatic rings. The van der Waals surface area contributed by atoms with E-state index in [-0.39, 0.29) is 0 Å². The molecule has 0 fully saturated rings. The van der Waals surface area contributed by atoms with E-state index in [0.29, 0.717) is 0 Å². The molecule has 1 aromatic carbocycles. The molecule has 0 aliphatic carbocycles. The highest BCUT2D eigenvalue weighted by atomic mass is 32.2. The van der Waals surface area contributed by atoms with Crippen molar-refractivity contribution in [2.75, 3.05) is 6.26 Å². The maximum atomic E-state index is 9.15. The van der Waals surface area contributed by atoms with E-state index in [2.05, 4.69) is 15.4 Å². The van der Waals surface area contributed by atoms with Gasteiger partial charge in [-0.3, -0.25) is 0 Å². The zero-order chi connectivity index (χ0) is 11.4. The molecule has 0 bridgehead atoms. The number of hydrogen-bond donors (Lipinski definition) is 0. The van der Waals surface area contributed by atoms with Crippen LogP contribution < -0.4 is 0 Å². The lowest BCUT2D eigenvalue weighted by molar-refractivity contribution is 1.20. The van der Waals surface area contributed by atoms with Crippen molar-refractivity contribution in [1.29, 1.82) is 5.26 Å². The van der Waals surface area contributed by atoms with E-state index < -0.39 is 0 Å². The van der Waals surface area contributed by atoms with Gasteiger partial charge in [0.15, 0.2) is 4.34 Å². The van der Waals surface area contributed by atoms with E-state index in [1.165, 1.54) is 29.6 Å². The van der Waals surface area contributed by atoms with E-state index in [1.54, 1.807) is 11.8 Å². The lowest BCUT2D eigenvalue weighted by atomic mass is 10.2. The van der Waals surface area contributed by atoms with Gasteiger partial charge in [0.2, 0.25) is 0 Å².